The van der Waals surface area contributed by atoms with Crippen molar-refractivity contribution in [3.63, 3.8) is 0 Å². The Kier molecular flexibility index (Phi) is 7.82. The van der Waals surface area contributed by atoms with Crippen LogP contribution in [-0.2, 0) is 17.6 Å². The first-order valence-corrected chi connectivity index (χ1v) is 12.7. The number of esters is 1. The Morgan fingerprint density at radius 3 is 2.68 bits per heavy atom. The molecule has 1 aliphatic heterocycles. The van der Waals surface area contributed by atoms with Gasteiger partial charge in [0.1, 0.15) is 10.8 Å². The highest BCUT2D eigenvalue weighted by atomic mass is 32.1. The monoisotopic (exact) mass is 487 g/mol. The Morgan fingerprint density at radius 2 is 1.94 bits per heavy atom. The quantitative estimate of drug-likeness (QED) is 0.582. The van der Waals surface area contributed by atoms with Crippen LogP contribution < -0.4 is 10.6 Å². The minimum atomic E-state index is -0.423. The van der Waals surface area contributed by atoms with E-state index in [4.69, 9.17) is 4.74 Å². The first-order chi connectivity index (χ1) is 16.5. The van der Waals surface area contributed by atoms with Crippen LogP contribution in [0.25, 0.3) is 0 Å². The summed E-state index contributed by atoms with van der Waals surface area (Å²) in [5, 5.41) is 6.34. The minimum absolute atomic E-state index is 0.170. The summed E-state index contributed by atoms with van der Waals surface area (Å²) in [6.45, 7) is 3.67. The van der Waals surface area contributed by atoms with Crippen molar-refractivity contribution in [2.45, 2.75) is 45.4 Å². The van der Waals surface area contributed by atoms with Crippen LogP contribution in [0.2, 0.25) is 0 Å². The number of benzene rings is 1. The van der Waals surface area contributed by atoms with E-state index in [0.717, 1.165) is 49.0 Å². The number of anilines is 1. The Bertz CT molecular complexity index is 1060. The number of nitrogens with one attached hydrogen (secondary N) is 2. The Hall–Kier alpha value is -2.94. The number of piperidine rings is 1. The molecule has 34 heavy (non-hydrogen) atoms. The van der Waals surface area contributed by atoms with Crippen molar-refractivity contribution in [2.75, 3.05) is 31.6 Å². The van der Waals surface area contributed by atoms with Gasteiger partial charge < -0.3 is 15.0 Å². The number of likely N-dealkylation sites (tertiary alicyclic amines) is 1. The Morgan fingerprint density at radius 1 is 1.18 bits per heavy atom. The summed E-state index contributed by atoms with van der Waals surface area (Å²) < 4.78 is 18.7. The molecule has 2 aromatic rings. The number of hydrogen-bond donors (Lipinski definition) is 2. The standard InChI is InChI=1S/C25H30FN3O4S/c1-2-33-24(31)21-19-8-3-4-9-20(19)34-22(21)28-25(32)27-15-16-10-12-29(13-11-16)23(30)17-6-5-7-18(26)14-17/h5-7,14,16H,2-4,8-13,15H2,1H3,(H2,27,28,32). The van der Waals surface area contributed by atoms with Gasteiger partial charge >= 0.3 is 12.0 Å². The molecule has 0 bridgehead atoms. The van der Waals surface area contributed by atoms with Crippen molar-refractivity contribution in [1.82, 2.24) is 10.2 Å². The molecule has 1 fully saturated rings. The van der Waals surface area contributed by atoms with Gasteiger partial charge in [0, 0.05) is 30.1 Å². The fourth-order valence-corrected chi connectivity index (χ4v) is 5.87. The molecule has 2 N–H and O–H groups in total. The molecule has 2 heterocycles. The number of carbonyl (C=O) groups excluding carboxylic acids is 3. The summed E-state index contributed by atoms with van der Waals surface area (Å²) in [5.74, 6) is -0.735. The van der Waals surface area contributed by atoms with Gasteiger partial charge in [-0.3, -0.25) is 10.1 Å². The van der Waals surface area contributed by atoms with Crippen LogP contribution in [0.1, 0.15) is 63.8 Å². The van der Waals surface area contributed by atoms with Crippen LogP contribution in [0, 0.1) is 11.7 Å². The number of hydrogen-bond acceptors (Lipinski definition) is 5. The average Bonchev–Trinajstić information content (AvgIpc) is 3.20. The topological polar surface area (TPSA) is 87.7 Å². The van der Waals surface area contributed by atoms with Gasteiger partial charge in [-0.25, -0.2) is 14.0 Å². The van der Waals surface area contributed by atoms with Gasteiger partial charge in [0.25, 0.3) is 5.91 Å². The van der Waals surface area contributed by atoms with Gasteiger partial charge in [0.2, 0.25) is 0 Å². The lowest BCUT2D eigenvalue weighted by Crippen LogP contribution is -2.42. The summed E-state index contributed by atoms with van der Waals surface area (Å²) in [7, 11) is 0. The summed E-state index contributed by atoms with van der Waals surface area (Å²) in [6.07, 6.45) is 5.37. The summed E-state index contributed by atoms with van der Waals surface area (Å²) in [5.41, 5.74) is 1.87. The third-order valence-electron chi connectivity index (χ3n) is 6.40. The van der Waals surface area contributed by atoms with Crippen molar-refractivity contribution >= 4 is 34.2 Å². The zero-order chi connectivity index (χ0) is 24.1. The molecular formula is C25H30FN3O4S. The maximum absolute atomic E-state index is 13.4. The van der Waals surface area contributed by atoms with Crippen LogP contribution in [0.5, 0.6) is 0 Å². The lowest BCUT2D eigenvalue weighted by atomic mass is 9.95. The summed E-state index contributed by atoms with van der Waals surface area (Å²) in [4.78, 5) is 40.6. The predicted octanol–water partition coefficient (Wildman–Crippen LogP) is 4.62. The van der Waals surface area contributed by atoms with Crippen molar-refractivity contribution < 1.29 is 23.5 Å². The van der Waals surface area contributed by atoms with Gasteiger partial charge in [0.15, 0.2) is 0 Å². The third-order valence-corrected chi connectivity index (χ3v) is 7.61. The van der Waals surface area contributed by atoms with E-state index in [-0.39, 0.29) is 30.4 Å². The third kappa shape index (κ3) is 5.58. The number of nitrogens with zero attached hydrogens (tertiary/aromatic N) is 1. The van der Waals surface area contributed by atoms with Gasteiger partial charge in [-0.15, -0.1) is 11.3 Å². The van der Waals surface area contributed by atoms with Crippen molar-refractivity contribution in [1.29, 1.82) is 0 Å². The van der Waals surface area contributed by atoms with Crippen LogP contribution in [0.4, 0.5) is 14.2 Å². The predicted molar refractivity (Wildman–Crippen MR) is 129 cm³/mol. The molecule has 182 valence electrons. The summed E-state index contributed by atoms with van der Waals surface area (Å²) in [6, 6.07) is 5.39. The van der Waals surface area contributed by atoms with Crippen molar-refractivity contribution in [2.24, 2.45) is 5.92 Å². The molecule has 0 saturated carbocycles. The number of rotatable bonds is 6. The minimum Gasteiger partial charge on any atom is -0.462 e. The van der Waals surface area contributed by atoms with E-state index in [1.54, 1.807) is 17.9 Å². The van der Waals surface area contributed by atoms with Gasteiger partial charge in [-0.1, -0.05) is 6.07 Å². The normalized spacial score (nSPS) is 16.0. The molecule has 1 aromatic heterocycles. The molecule has 0 unspecified atom stereocenters. The molecule has 0 radical (unpaired) electrons. The van der Waals surface area contributed by atoms with Crippen LogP contribution >= 0.6 is 11.3 Å². The van der Waals surface area contributed by atoms with Crippen molar-refractivity contribution in [3.05, 3.63) is 51.7 Å². The maximum Gasteiger partial charge on any atom is 0.341 e. The van der Waals surface area contributed by atoms with E-state index in [9.17, 15) is 18.8 Å². The molecule has 9 heteroatoms. The van der Waals surface area contributed by atoms with E-state index in [0.29, 0.717) is 35.8 Å². The smallest absolute Gasteiger partial charge is 0.341 e. The highest BCUT2D eigenvalue weighted by molar-refractivity contribution is 7.17. The molecule has 7 nitrogen and oxygen atoms in total. The average molecular weight is 488 g/mol. The number of amides is 3. The van der Waals surface area contributed by atoms with Gasteiger partial charge in [-0.2, -0.15) is 0 Å². The Balaban J connectivity index is 1.29. The number of urea groups is 1. The second-order valence-electron chi connectivity index (χ2n) is 8.72. The number of thiophene rings is 1. The Labute approximate surface area is 202 Å². The summed E-state index contributed by atoms with van der Waals surface area (Å²) >= 11 is 1.46. The number of halogens is 1. The molecule has 3 amide bonds. The highest BCUT2D eigenvalue weighted by Gasteiger charge is 2.28. The van der Waals surface area contributed by atoms with Crippen LogP contribution in [0.3, 0.4) is 0 Å². The molecule has 2 aliphatic rings. The number of fused-ring (bicyclic) bond motifs is 1. The molecular weight excluding hydrogens is 457 g/mol. The number of carbonyl (C=O) groups is 3. The lowest BCUT2D eigenvalue weighted by Gasteiger charge is -2.32. The SMILES string of the molecule is CCOC(=O)c1c(NC(=O)NCC2CCN(C(=O)c3cccc(F)c3)CC2)sc2c1CCCC2. The zero-order valence-corrected chi connectivity index (χ0v) is 20.1. The molecule has 0 spiro atoms. The second-order valence-corrected chi connectivity index (χ2v) is 9.82. The zero-order valence-electron chi connectivity index (χ0n) is 19.3. The number of aryl methyl sites for hydroxylation is 1. The first-order valence-electron chi connectivity index (χ1n) is 11.9. The van der Waals surface area contributed by atoms with E-state index >= 15 is 0 Å². The largest absolute Gasteiger partial charge is 0.462 e. The van der Waals surface area contributed by atoms with E-state index in [2.05, 4.69) is 10.6 Å². The highest BCUT2D eigenvalue weighted by Crippen LogP contribution is 2.38. The second kappa shape index (κ2) is 11.0. The number of ether oxygens (including phenoxy) is 1. The molecule has 0 atom stereocenters. The van der Waals surface area contributed by atoms with E-state index in [1.165, 1.54) is 29.5 Å². The van der Waals surface area contributed by atoms with Gasteiger partial charge in [-0.05, 0) is 75.1 Å². The molecule has 4 rings (SSSR count). The maximum atomic E-state index is 13.4. The molecule has 1 aromatic carbocycles. The fourth-order valence-electron chi connectivity index (χ4n) is 4.60. The van der Waals surface area contributed by atoms with E-state index < -0.39 is 5.82 Å². The van der Waals surface area contributed by atoms with Crippen LogP contribution in [0.15, 0.2) is 24.3 Å². The van der Waals surface area contributed by atoms with Crippen LogP contribution in [-0.4, -0.2) is 49.0 Å². The van der Waals surface area contributed by atoms with Crippen molar-refractivity contribution in [3.8, 4) is 0 Å². The van der Waals surface area contributed by atoms with Gasteiger partial charge in [0.05, 0.1) is 12.2 Å². The first kappa shape index (κ1) is 24.2. The molecule has 1 aliphatic carbocycles. The lowest BCUT2D eigenvalue weighted by molar-refractivity contribution is 0.0526. The van der Waals surface area contributed by atoms with E-state index in [1.807, 2.05) is 0 Å². The fraction of sp³-hybridized carbons (Fsp3) is 0.480. The molecule has 1 saturated heterocycles.